The van der Waals surface area contributed by atoms with E-state index in [-0.39, 0.29) is 6.15 Å². The van der Waals surface area contributed by atoms with E-state index >= 15 is 0 Å². The lowest BCUT2D eigenvalue weighted by Crippen LogP contribution is -1.80. The zero-order valence-corrected chi connectivity index (χ0v) is 9.10. The molecule has 2 nitrogen and oxygen atoms in total. The largest absolute Gasteiger partial charge is 0.396 e. The van der Waals surface area contributed by atoms with E-state index in [1.165, 1.54) is 32.1 Å². The Morgan fingerprint density at radius 3 is 1.50 bits per heavy atom. The molecule has 0 saturated carbocycles. The summed E-state index contributed by atoms with van der Waals surface area (Å²) in [7, 11) is 0. The van der Waals surface area contributed by atoms with Crippen molar-refractivity contribution in [1.82, 2.24) is 6.15 Å². The van der Waals surface area contributed by atoms with Gasteiger partial charge in [0.15, 0.2) is 0 Å². The van der Waals surface area contributed by atoms with Crippen molar-refractivity contribution in [3.63, 3.8) is 0 Å². The van der Waals surface area contributed by atoms with E-state index in [1.54, 1.807) is 0 Å². The van der Waals surface area contributed by atoms with Crippen LogP contribution >= 0.6 is 0 Å². The van der Waals surface area contributed by atoms with Crippen LogP contribution in [-0.4, -0.2) is 11.7 Å². The topological polar surface area (TPSA) is 55.2 Å². The van der Waals surface area contributed by atoms with Gasteiger partial charge >= 0.3 is 0 Å². The van der Waals surface area contributed by atoms with E-state index < -0.39 is 0 Å². The number of aliphatic hydroxyl groups excluding tert-OH is 1. The van der Waals surface area contributed by atoms with Crippen molar-refractivity contribution in [2.45, 2.75) is 59.3 Å². The number of hydrogen-bond donors (Lipinski definition) is 2. The van der Waals surface area contributed by atoms with Gasteiger partial charge < -0.3 is 11.3 Å². The van der Waals surface area contributed by atoms with Crippen molar-refractivity contribution in [3.8, 4) is 0 Å². The van der Waals surface area contributed by atoms with Gasteiger partial charge in [-0.05, 0) is 6.42 Å². The maximum absolute atomic E-state index is 8.29. The fraction of sp³-hybridized carbons (Fsp3) is 1.00. The fourth-order valence-corrected chi connectivity index (χ4v) is 0.539. The van der Waals surface area contributed by atoms with Crippen molar-refractivity contribution in [3.05, 3.63) is 0 Å². The molecule has 12 heavy (non-hydrogen) atoms. The predicted molar refractivity (Wildman–Crippen MR) is 56.8 cm³/mol. The third kappa shape index (κ3) is 32.6. The minimum absolute atomic E-state index is 0. The minimum atomic E-state index is 0. The van der Waals surface area contributed by atoms with Gasteiger partial charge in [-0.2, -0.15) is 0 Å². The lowest BCUT2D eigenvalue weighted by Gasteiger charge is -1.90. The summed E-state index contributed by atoms with van der Waals surface area (Å²) in [6, 6.07) is 0. The molecule has 0 amide bonds. The second kappa shape index (κ2) is 22.4. The fourth-order valence-electron chi connectivity index (χ4n) is 0.539. The van der Waals surface area contributed by atoms with Crippen LogP contribution in [0.3, 0.4) is 0 Å². The number of hydrogen-bond acceptors (Lipinski definition) is 2. The third-order valence-corrected chi connectivity index (χ3v) is 1.51. The van der Waals surface area contributed by atoms with E-state index in [1.807, 2.05) is 0 Å². The lowest BCUT2D eigenvalue weighted by atomic mass is 10.2. The highest BCUT2D eigenvalue weighted by Crippen LogP contribution is 1.96. The quantitative estimate of drug-likeness (QED) is 0.631. The van der Waals surface area contributed by atoms with Crippen LogP contribution in [0.4, 0.5) is 0 Å². The molecule has 4 N–H and O–H groups in total. The first-order valence-electron chi connectivity index (χ1n) is 4.94. The molecule has 2 heteroatoms. The van der Waals surface area contributed by atoms with Crippen LogP contribution in [0.1, 0.15) is 59.3 Å². The Morgan fingerprint density at radius 1 is 0.750 bits per heavy atom. The SMILES string of the molecule is CCCC.CCCCCCO.N. The van der Waals surface area contributed by atoms with Gasteiger partial charge in [0, 0.05) is 6.61 Å². The molecular formula is C10H27NO. The Hall–Kier alpha value is -0.0800. The second-order valence-electron chi connectivity index (χ2n) is 2.78. The van der Waals surface area contributed by atoms with Crippen LogP contribution in [0.2, 0.25) is 0 Å². The lowest BCUT2D eigenvalue weighted by molar-refractivity contribution is 0.283. The van der Waals surface area contributed by atoms with E-state index in [0.29, 0.717) is 6.61 Å². The molecule has 0 aliphatic heterocycles. The molecule has 0 radical (unpaired) electrons. The summed E-state index contributed by atoms with van der Waals surface area (Å²) in [5.41, 5.74) is 0. The van der Waals surface area contributed by atoms with Gasteiger partial charge in [-0.3, -0.25) is 0 Å². The standard InChI is InChI=1S/C6H14O.C4H10.H3N/c1-2-3-4-5-6-7;1-3-4-2;/h7H,2-6H2,1H3;3-4H2,1-2H3;1H3. The van der Waals surface area contributed by atoms with E-state index in [2.05, 4.69) is 20.8 Å². The van der Waals surface area contributed by atoms with Crippen LogP contribution in [0, 0.1) is 0 Å². The monoisotopic (exact) mass is 177 g/mol. The van der Waals surface area contributed by atoms with Gasteiger partial charge in [0.1, 0.15) is 0 Å². The van der Waals surface area contributed by atoms with E-state index in [9.17, 15) is 0 Å². The summed E-state index contributed by atoms with van der Waals surface area (Å²) in [6.07, 6.45) is 7.32. The molecule has 0 aromatic heterocycles. The molecule has 0 aromatic carbocycles. The Morgan fingerprint density at radius 2 is 1.25 bits per heavy atom. The number of unbranched alkanes of at least 4 members (excludes halogenated alkanes) is 4. The van der Waals surface area contributed by atoms with Gasteiger partial charge in [0.05, 0.1) is 0 Å². The molecule has 0 saturated heterocycles. The van der Waals surface area contributed by atoms with Crippen LogP contribution in [-0.2, 0) is 0 Å². The van der Waals surface area contributed by atoms with E-state index in [4.69, 9.17) is 5.11 Å². The molecule has 0 fully saturated rings. The van der Waals surface area contributed by atoms with Crippen molar-refractivity contribution in [2.24, 2.45) is 0 Å². The molecule has 0 atom stereocenters. The molecule has 0 aliphatic rings. The number of rotatable bonds is 5. The summed E-state index contributed by atoms with van der Waals surface area (Å²) in [6.45, 7) is 6.89. The highest BCUT2D eigenvalue weighted by Gasteiger charge is 1.80. The van der Waals surface area contributed by atoms with Crippen LogP contribution < -0.4 is 6.15 Å². The Kier molecular flexibility index (Phi) is 33.4. The maximum atomic E-state index is 8.29. The van der Waals surface area contributed by atoms with Crippen molar-refractivity contribution in [1.29, 1.82) is 0 Å². The molecular weight excluding hydrogens is 150 g/mol. The van der Waals surface area contributed by atoms with Crippen molar-refractivity contribution < 1.29 is 5.11 Å². The molecule has 0 rings (SSSR count). The molecule has 0 heterocycles. The smallest absolute Gasteiger partial charge is 0.0431 e. The zero-order chi connectivity index (χ0) is 8.95. The molecule has 0 bridgehead atoms. The molecule has 0 spiro atoms. The van der Waals surface area contributed by atoms with Gasteiger partial charge in [0.2, 0.25) is 0 Å². The summed E-state index contributed by atoms with van der Waals surface area (Å²) >= 11 is 0. The van der Waals surface area contributed by atoms with Crippen LogP contribution in [0.5, 0.6) is 0 Å². The van der Waals surface area contributed by atoms with Gasteiger partial charge in [-0.25, -0.2) is 0 Å². The highest BCUT2D eigenvalue weighted by atomic mass is 16.2. The average molecular weight is 177 g/mol. The first kappa shape index (κ1) is 17.9. The zero-order valence-electron chi connectivity index (χ0n) is 9.10. The van der Waals surface area contributed by atoms with Crippen molar-refractivity contribution >= 4 is 0 Å². The predicted octanol–water partition coefficient (Wildman–Crippen LogP) is 3.53. The van der Waals surface area contributed by atoms with Crippen LogP contribution in [0.15, 0.2) is 0 Å². The van der Waals surface area contributed by atoms with Crippen LogP contribution in [0.25, 0.3) is 0 Å². The molecule has 0 aromatic rings. The van der Waals surface area contributed by atoms with Crippen molar-refractivity contribution in [2.75, 3.05) is 6.61 Å². The Labute approximate surface area is 78.0 Å². The summed E-state index contributed by atoms with van der Waals surface area (Å²) < 4.78 is 0. The van der Waals surface area contributed by atoms with Gasteiger partial charge in [-0.15, -0.1) is 0 Å². The van der Waals surface area contributed by atoms with Gasteiger partial charge in [-0.1, -0.05) is 52.9 Å². The highest BCUT2D eigenvalue weighted by molar-refractivity contribution is 4.35. The third-order valence-electron chi connectivity index (χ3n) is 1.51. The Balaban J connectivity index is -0.000000142. The minimum Gasteiger partial charge on any atom is -0.396 e. The first-order chi connectivity index (χ1) is 5.33. The number of aliphatic hydroxyl groups is 1. The molecule has 0 aliphatic carbocycles. The Bertz CT molecular complexity index is 43.1. The summed E-state index contributed by atoms with van der Waals surface area (Å²) in [4.78, 5) is 0. The second-order valence-corrected chi connectivity index (χ2v) is 2.78. The normalized spacial score (nSPS) is 8.00. The first-order valence-corrected chi connectivity index (χ1v) is 4.94. The molecule has 0 unspecified atom stereocenters. The molecule has 78 valence electrons. The maximum Gasteiger partial charge on any atom is 0.0431 e. The van der Waals surface area contributed by atoms with E-state index in [0.717, 1.165) is 6.42 Å². The summed E-state index contributed by atoms with van der Waals surface area (Å²) in [5.74, 6) is 0. The average Bonchev–Trinajstić information content (AvgIpc) is 2.06. The summed E-state index contributed by atoms with van der Waals surface area (Å²) in [5, 5.41) is 8.29. The van der Waals surface area contributed by atoms with Gasteiger partial charge in [0.25, 0.3) is 0 Å².